The fourth-order valence-corrected chi connectivity index (χ4v) is 3.05. The van der Waals surface area contributed by atoms with Crippen molar-refractivity contribution in [3.63, 3.8) is 0 Å². The van der Waals surface area contributed by atoms with Gasteiger partial charge in [-0.3, -0.25) is 5.32 Å². The van der Waals surface area contributed by atoms with Crippen molar-refractivity contribution in [1.82, 2.24) is 19.7 Å². The van der Waals surface area contributed by atoms with Gasteiger partial charge in [0.2, 0.25) is 0 Å². The van der Waals surface area contributed by atoms with Crippen LogP contribution in [0.3, 0.4) is 0 Å². The second kappa shape index (κ2) is 7.88. The monoisotopic (exact) mass is 416 g/mol. The second-order valence-corrected chi connectivity index (χ2v) is 8.87. The van der Waals surface area contributed by atoms with Gasteiger partial charge in [-0.2, -0.15) is 15.1 Å². The van der Waals surface area contributed by atoms with Crippen molar-refractivity contribution in [3.8, 4) is 0 Å². The summed E-state index contributed by atoms with van der Waals surface area (Å²) < 4.78 is 18.6. The number of amides is 1. The molecule has 1 aromatic carbocycles. The molecule has 1 amide bonds. The van der Waals surface area contributed by atoms with Crippen LogP contribution in [0.5, 0.6) is 0 Å². The summed E-state index contributed by atoms with van der Waals surface area (Å²) in [6.45, 7) is 7.37. The van der Waals surface area contributed by atoms with Crippen molar-refractivity contribution >= 4 is 45.5 Å². The minimum absolute atomic E-state index is 0.256. The first-order valence-corrected chi connectivity index (χ1v) is 10.5. The third-order valence-corrected chi connectivity index (χ3v) is 4.66. The predicted molar refractivity (Wildman–Crippen MR) is 113 cm³/mol. The lowest BCUT2D eigenvalue weighted by Gasteiger charge is -2.20. The Kier molecular flexibility index (Phi) is 5.67. The van der Waals surface area contributed by atoms with Crippen molar-refractivity contribution in [2.24, 2.45) is 7.05 Å². The van der Waals surface area contributed by atoms with E-state index in [4.69, 9.17) is 4.74 Å². The van der Waals surface area contributed by atoms with Gasteiger partial charge in [0.1, 0.15) is 11.9 Å². The molecule has 0 aliphatic heterocycles. The van der Waals surface area contributed by atoms with Crippen molar-refractivity contribution in [3.05, 3.63) is 30.0 Å². The third kappa shape index (κ3) is 4.96. The van der Waals surface area contributed by atoms with E-state index in [1.807, 2.05) is 33.8 Å². The topological polar surface area (TPSA) is 117 Å². The summed E-state index contributed by atoms with van der Waals surface area (Å²) in [6.07, 6.45) is 2.61. The fraction of sp³-hybridized carbons (Fsp3) is 0.368. The molecule has 0 bridgehead atoms. The van der Waals surface area contributed by atoms with Gasteiger partial charge < -0.3 is 14.6 Å². The number of hydrogen-bond acceptors (Lipinski definition) is 7. The van der Waals surface area contributed by atoms with E-state index in [1.165, 1.54) is 6.26 Å². The zero-order valence-corrected chi connectivity index (χ0v) is 18.0. The lowest BCUT2D eigenvalue weighted by atomic mass is 10.1. The maximum atomic E-state index is 12.0. The Balaban J connectivity index is 1.87. The van der Waals surface area contributed by atoms with E-state index in [-0.39, 0.29) is 5.16 Å². The van der Waals surface area contributed by atoms with Crippen LogP contribution in [0, 0.1) is 6.92 Å². The van der Waals surface area contributed by atoms with Crippen LogP contribution in [-0.4, -0.2) is 42.3 Å². The van der Waals surface area contributed by atoms with Gasteiger partial charge >= 0.3 is 11.2 Å². The number of hydrogen-bond donors (Lipinski definition) is 2. The van der Waals surface area contributed by atoms with Crippen LogP contribution in [0.1, 0.15) is 26.3 Å². The molecule has 9 nitrogen and oxygen atoms in total. The molecule has 0 radical (unpaired) electrons. The predicted octanol–water partition coefficient (Wildman–Crippen LogP) is 3.50. The highest BCUT2D eigenvalue weighted by atomic mass is 32.2. The Morgan fingerprint density at radius 2 is 2.03 bits per heavy atom. The Morgan fingerprint density at radius 3 is 2.69 bits per heavy atom. The molecule has 29 heavy (non-hydrogen) atoms. The maximum absolute atomic E-state index is 12.0. The molecule has 0 aliphatic rings. The molecule has 3 aromatic rings. The number of fused-ring (bicyclic) bond motifs is 1. The largest absolute Gasteiger partial charge is 0.609 e. The molecule has 0 fully saturated rings. The van der Waals surface area contributed by atoms with Crippen molar-refractivity contribution in [1.29, 1.82) is 0 Å². The number of benzene rings is 1. The van der Waals surface area contributed by atoms with Crippen LogP contribution >= 0.6 is 0 Å². The maximum Gasteiger partial charge on any atom is 0.412 e. The number of carbonyl (C=O) groups excluding carboxylic acids is 1. The van der Waals surface area contributed by atoms with Gasteiger partial charge in [0.05, 0.1) is 5.39 Å². The van der Waals surface area contributed by atoms with Gasteiger partial charge in [0.25, 0.3) is 0 Å². The first-order chi connectivity index (χ1) is 13.5. The normalized spacial score (nSPS) is 12.7. The summed E-state index contributed by atoms with van der Waals surface area (Å²) in [5.41, 5.74) is 2.32. The third-order valence-electron chi connectivity index (χ3n) is 3.95. The van der Waals surface area contributed by atoms with Crippen LogP contribution in [0.2, 0.25) is 0 Å². The highest BCUT2D eigenvalue weighted by Gasteiger charge is 2.18. The number of rotatable bonds is 4. The average Bonchev–Trinajstić information content (AvgIpc) is 2.91. The standard InChI is InChI=1S/C19H24N6O3S/c1-11-7-8-12(21-18(26)28-19(2,3)4)9-14(11)22-15-13-10-20-17(29(6)27)23-16(13)25(5)24-15/h7-10H,1-6H3,(H,21,26)(H,22,24). The quantitative estimate of drug-likeness (QED) is 0.494. The Labute approximate surface area is 172 Å². The molecule has 1 unspecified atom stereocenters. The zero-order chi connectivity index (χ0) is 21.3. The molecular formula is C19H24N6O3S. The average molecular weight is 417 g/mol. The second-order valence-electron chi connectivity index (χ2n) is 7.60. The van der Waals surface area contributed by atoms with Crippen molar-refractivity contribution < 1.29 is 14.1 Å². The summed E-state index contributed by atoms with van der Waals surface area (Å²) >= 11 is -1.28. The lowest BCUT2D eigenvalue weighted by Crippen LogP contribution is -2.27. The van der Waals surface area contributed by atoms with E-state index in [2.05, 4.69) is 25.7 Å². The van der Waals surface area contributed by atoms with Gasteiger partial charge in [0.15, 0.2) is 11.5 Å². The van der Waals surface area contributed by atoms with Crippen LogP contribution in [0.15, 0.2) is 29.6 Å². The molecule has 154 valence electrons. The van der Waals surface area contributed by atoms with Crippen LogP contribution < -0.4 is 10.6 Å². The molecule has 0 aliphatic carbocycles. The molecule has 3 rings (SSSR count). The molecule has 10 heteroatoms. The highest BCUT2D eigenvalue weighted by molar-refractivity contribution is 7.90. The molecule has 0 saturated heterocycles. The van der Waals surface area contributed by atoms with Crippen LogP contribution in [0.25, 0.3) is 11.0 Å². The van der Waals surface area contributed by atoms with E-state index in [0.29, 0.717) is 22.5 Å². The Morgan fingerprint density at radius 1 is 1.31 bits per heavy atom. The molecule has 0 saturated carbocycles. The smallest absolute Gasteiger partial charge is 0.412 e. The van der Waals surface area contributed by atoms with Gasteiger partial charge in [-0.05, 0) is 45.4 Å². The SMILES string of the molecule is Cc1ccc(NC(=O)OC(C)(C)C)cc1Nc1nn(C)c2nc([S+](C)[O-])ncc12. The highest BCUT2D eigenvalue weighted by Crippen LogP contribution is 2.28. The van der Waals surface area contributed by atoms with E-state index < -0.39 is 22.9 Å². The summed E-state index contributed by atoms with van der Waals surface area (Å²) in [5.74, 6) is 0.563. The van der Waals surface area contributed by atoms with E-state index in [9.17, 15) is 9.35 Å². The number of anilines is 3. The first-order valence-electron chi connectivity index (χ1n) is 8.94. The van der Waals surface area contributed by atoms with E-state index >= 15 is 0 Å². The number of aromatic nitrogens is 4. The number of ether oxygens (including phenoxy) is 1. The molecule has 2 aromatic heterocycles. The summed E-state index contributed by atoms with van der Waals surface area (Å²) in [4.78, 5) is 20.5. The number of carbonyl (C=O) groups is 1. The first kappa shape index (κ1) is 20.9. The van der Waals surface area contributed by atoms with Crippen LogP contribution in [-0.2, 0) is 23.0 Å². The van der Waals surface area contributed by atoms with Crippen molar-refractivity contribution in [2.75, 3.05) is 16.9 Å². The van der Waals surface area contributed by atoms with Gasteiger partial charge in [0, 0.05) is 35.8 Å². The molecule has 2 heterocycles. The van der Waals surface area contributed by atoms with E-state index in [0.717, 1.165) is 11.3 Å². The van der Waals surface area contributed by atoms with Gasteiger partial charge in [-0.1, -0.05) is 6.07 Å². The van der Waals surface area contributed by atoms with Crippen molar-refractivity contribution in [2.45, 2.75) is 38.5 Å². The minimum Gasteiger partial charge on any atom is -0.609 e. The Bertz CT molecular complexity index is 1060. The summed E-state index contributed by atoms with van der Waals surface area (Å²) in [6, 6.07) is 5.48. The molecule has 1 atom stereocenters. The molecular weight excluding hydrogens is 392 g/mol. The van der Waals surface area contributed by atoms with E-state index in [1.54, 1.807) is 30.1 Å². The van der Waals surface area contributed by atoms with Crippen LogP contribution in [0.4, 0.5) is 22.0 Å². The molecule has 2 N–H and O–H groups in total. The zero-order valence-electron chi connectivity index (χ0n) is 17.2. The van der Waals surface area contributed by atoms with Gasteiger partial charge in [-0.25, -0.2) is 9.48 Å². The number of nitrogens with zero attached hydrogens (tertiary/aromatic N) is 4. The summed E-state index contributed by atoms with van der Waals surface area (Å²) in [5, 5.41) is 11.4. The summed E-state index contributed by atoms with van der Waals surface area (Å²) in [7, 11) is 1.76. The number of nitrogens with one attached hydrogen (secondary N) is 2. The Hall–Kier alpha value is -2.85. The fourth-order valence-electron chi connectivity index (χ4n) is 2.64. The van der Waals surface area contributed by atoms with Gasteiger partial charge in [-0.15, -0.1) is 0 Å². The minimum atomic E-state index is -1.28. The lowest BCUT2D eigenvalue weighted by molar-refractivity contribution is 0.0636. The number of aryl methyl sites for hydroxylation is 2. The molecule has 0 spiro atoms.